The zero-order chi connectivity index (χ0) is 15.4. The Kier molecular flexibility index (Phi) is 3.90. The minimum Gasteiger partial charge on any atom is -0.350 e. The van der Waals surface area contributed by atoms with Crippen LogP contribution in [0.25, 0.3) is 11.4 Å². The SMILES string of the molecule is C[C@@H](C(=O)NCc1cccc(-c2nn[nH]n2)c1)n1cccn1. The molecule has 0 unspecified atom stereocenters. The molecule has 3 aromatic rings. The molecule has 2 heterocycles. The molecule has 0 fully saturated rings. The van der Waals surface area contributed by atoms with Crippen molar-refractivity contribution < 1.29 is 4.79 Å². The molecule has 112 valence electrons. The minimum atomic E-state index is -0.351. The fraction of sp³-hybridized carbons (Fsp3) is 0.214. The maximum Gasteiger partial charge on any atom is 0.244 e. The van der Waals surface area contributed by atoms with Crippen LogP contribution in [-0.4, -0.2) is 36.3 Å². The van der Waals surface area contributed by atoms with Gasteiger partial charge in [-0.1, -0.05) is 18.2 Å². The van der Waals surface area contributed by atoms with E-state index in [4.69, 9.17) is 0 Å². The molecule has 0 spiro atoms. The van der Waals surface area contributed by atoms with Crippen molar-refractivity contribution in [3.05, 3.63) is 48.3 Å². The highest BCUT2D eigenvalue weighted by molar-refractivity contribution is 5.79. The van der Waals surface area contributed by atoms with Gasteiger partial charge in [0, 0.05) is 24.5 Å². The lowest BCUT2D eigenvalue weighted by Gasteiger charge is -2.12. The van der Waals surface area contributed by atoms with Crippen molar-refractivity contribution in [1.29, 1.82) is 0 Å². The van der Waals surface area contributed by atoms with Crippen LogP contribution in [0.3, 0.4) is 0 Å². The summed E-state index contributed by atoms with van der Waals surface area (Å²) < 4.78 is 1.62. The number of nitrogens with zero attached hydrogens (tertiary/aromatic N) is 5. The number of hydrogen-bond acceptors (Lipinski definition) is 5. The first kappa shape index (κ1) is 13.9. The Hall–Kier alpha value is -3.03. The highest BCUT2D eigenvalue weighted by Crippen LogP contribution is 2.15. The number of carbonyl (C=O) groups is 1. The molecule has 8 heteroatoms. The lowest BCUT2D eigenvalue weighted by molar-refractivity contribution is -0.124. The molecular formula is C14H15N7O. The second-order valence-corrected chi connectivity index (χ2v) is 4.82. The molecule has 2 N–H and O–H groups in total. The summed E-state index contributed by atoms with van der Waals surface area (Å²) in [6, 6.07) is 9.08. The van der Waals surface area contributed by atoms with Crippen LogP contribution in [0, 0.1) is 0 Å². The van der Waals surface area contributed by atoms with Crippen LogP contribution in [0.1, 0.15) is 18.5 Å². The highest BCUT2D eigenvalue weighted by atomic mass is 16.2. The number of hydrogen-bond donors (Lipinski definition) is 2. The molecule has 1 amide bonds. The standard InChI is InChI=1S/C14H15N7O/c1-10(21-7-3-6-16-21)14(22)15-9-11-4-2-5-12(8-11)13-17-19-20-18-13/h2-8,10H,9H2,1H3,(H,15,22)(H,17,18,19,20)/t10-/m0/s1. The van der Waals surface area contributed by atoms with E-state index < -0.39 is 0 Å². The Labute approximate surface area is 126 Å². The Morgan fingerprint density at radius 2 is 2.32 bits per heavy atom. The number of amides is 1. The second kappa shape index (κ2) is 6.17. The van der Waals surface area contributed by atoms with Crippen LogP contribution in [0.2, 0.25) is 0 Å². The van der Waals surface area contributed by atoms with Crippen LogP contribution in [-0.2, 0) is 11.3 Å². The quantitative estimate of drug-likeness (QED) is 0.730. The van der Waals surface area contributed by atoms with Gasteiger partial charge in [-0.25, -0.2) is 0 Å². The number of aromatic amines is 1. The molecule has 0 aliphatic heterocycles. The fourth-order valence-electron chi connectivity index (χ4n) is 2.07. The first-order valence-electron chi connectivity index (χ1n) is 6.83. The van der Waals surface area contributed by atoms with E-state index in [1.807, 2.05) is 24.3 Å². The van der Waals surface area contributed by atoms with Gasteiger partial charge >= 0.3 is 0 Å². The van der Waals surface area contributed by atoms with E-state index in [-0.39, 0.29) is 11.9 Å². The third-order valence-corrected chi connectivity index (χ3v) is 3.30. The molecule has 8 nitrogen and oxygen atoms in total. The fourth-order valence-corrected chi connectivity index (χ4v) is 2.07. The lowest BCUT2D eigenvalue weighted by Crippen LogP contribution is -2.30. The topological polar surface area (TPSA) is 101 Å². The molecule has 0 bridgehead atoms. The van der Waals surface area contributed by atoms with Gasteiger partial charge < -0.3 is 5.32 Å². The van der Waals surface area contributed by atoms with E-state index in [0.29, 0.717) is 12.4 Å². The van der Waals surface area contributed by atoms with E-state index >= 15 is 0 Å². The Bertz CT molecular complexity index is 736. The van der Waals surface area contributed by atoms with E-state index in [9.17, 15) is 4.79 Å². The smallest absolute Gasteiger partial charge is 0.244 e. The summed E-state index contributed by atoms with van der Waals surface area (Å²) in [6.45, 7) is 2.23. The van der Waals surface area contributed by atoms with Gasteiger partial charge in [-0.2, -0.15) is 10.3 Å². The van der Waals surface area contributed by atoms with Gasteiger partial charge in [0.05, 0.1) is 0 Å². The van der Waals surface area contributed by atoms with Crippen molar-refractivity contribution in [1.82, 2.24) is 35.7 Å². The van der Waals surface area contributed by atoms with Crippen LogP contribution < -0.4 is 5.32 Å². The van der Waals surface area contributed by atoms with Crippen molar-refractivity contribution in [3.63, 3.8) is 0 Å². The maximum absolute atomic E-state index is 12.1. The lowest BCUT2D eigenvalue weighted by atomic mass is 10.1. The number of carbonyl (C=O) groups excluding carboxylic acids is 1. The normalized spacial score (nSPS) is 12.0. The highest BCUT2D eigenvalue weighted by Gasteiger charge is 2.14. The molecule has 3 rings (SSSR count). The zero-order valence-corrected chi connectivity index (χ0v) is 12.0. The van der Waals surface area contributed by atoms with Crippen molar-refractivity contribution in [3.8, 4) is 11.4 Å². The summed E-state index contributed by atoms with van der Waals surface area (Å²) in [6.07, 6.45) is 3.42. The largest absolute Gasteiger partial charge is 0.350 e. The average Bonchev–Trinajstić information content (AvgIpc) is 3.24. The number of H-pyrrole nitrogens is 1. The van der Waals surface area contributed by atoms with Crippen LogP contribution in [0.4, 0.5) is 0 Å². The number of rotatable bonds is 5. The van der Waals surface area contributed by atoms with Crippen LogP contribution in [0.5, 0.6) is 0 Å². The minimum absolute atomic E-state index is 0.0892. The van der Waals surface area contributed by atoms with Crippen molar-refractivity contribution >= 4 is 5.91 Å². The molecule has 0 radical (unpaired) electrons. The van der Waals surface area contributed by atoms with Gasteiger partial charge in [0.2, 0.25) is 11.7 Å². The van der Waals surface area contributed by atoms with Crippen molar-refractivity contribution in [2.45, 2.75) is 19.5 Å². The zero-order valence-electron chi connectivity index (χ0n) is 12.0. The van der Waals surface area contributed by atoms with E-state index in [2.05, 4.69) is 31.0 Å². The van der Waals surface area contributed by atoms with Crippen molar-refractivity contribution in [2.24, 2.45) is 0 Å². The van der Waals surface area contributed by atoms with E-state index in [0.717, 1.165) is 11.1 Å². The van der Waals surface area contributed by atoms with E-state index in [1.54, 1.807) is 30.1 Å². The monoisotopic (exact) mass is 297 g/mol. The van der Waals surface area contributed by atoms with Gasteiger partial charge in [0.15, 0.2) is 0 Å². The third-order valence-electron chi connectivity index (χ3n) is 3.30. The predicted octanol–water partition coefficient (Wildman–Crippen LogP) is 0.941. The summed E-state index contributed by atoms with van der Waals surface area (Å²) >= 11 is 0. The van der Waals surface area contributed by atoms with Gasteiger partial charge in [-0.15, -0.1) is 10.2 Å². The molecule has 22 heavy (non-hydrogen) atoms. The number of benzene rings is 1. The maximum atomic E-state index is 12.1. The van der Waals surface area contributed by atoms with Crippen LogP contribution >= 0.6 is 0 Å². The van der Waals surface area contributed by atoms with Gasteiger partial charge in [0.1, 0.15) is 6.04 Å². The number of aromatic nitrogens is 6. The third kappa shape index (κ3) is 3.00. The summed E-state index contributed by atoms with van der Waals surface area (Å²) in [5, 5.41) is 20.8. The molecule has 0 aliphatic carbocycles. The first-order valence-corrected chi connectivity index (χ1v) is 6.83. The molecule has 0 aliphatic rings. The average molecular weight is 297 g/mol. The Morgan fingerprint density at radius 1 is 1.41 bits per heavy atom. The number of tetrazole rings is 1. The summed E-state index contributed by atoms with van der Waals surface area (Å²) in [5.41, 5.74) is 1.81. The van der Waals surface area contributed by atoms with Gasteiger partial charge in [-0.05, 0) is 29.8 Å². The Balaban J connectivity index is 1.64. The summed E-state index contributed by atoms with van der Waals surface area (Å²) in [4.78, 5) is 12.1. The molecule has 0 saturated heterocycles. The van der Waals surface area contributed by atoms with E-state index in [1.165, 1.54) is 0 Å². The summed E-state index contributed by atoms with van der Waals surface area (Å²) in [5.74, 6) is 0.437. The molecule has 1 atom stereocenters. The van der Waals surface area contributed by atoms with Crippen LogP contribution in [0.15, 0.2) is 42.7 Å². The van der Waals surface area contributed by atoms with Crippen molar-refractivity contribution in [2.75, 3.05) is 0 Å². The second-order valence-electron chi connectivity index (χ2n) is 4.82. The molecule has 1 aromatic carbocycles. The molecule has 2 aromatic heterocycles. The first-order chi connectivity index (χ1) is 10.7. The Morgan fingerprint density at radius 3 is 3.05 bits per heavy atom. The molecule has 0 saturated carbocycles. The summed E-state index contributed by atoms with van der Waals surface area (Å²) in [7, 11) is 0. The predicted molar refractivity (Wildman–Crippen MR) is 78.4 cm³/mol. The van der Waals surface area contributed by atoms with Gasteiger partial charge in [0.25, 0.3) is 0 Å². The molecular weight excluding hydrogens is 282 g/mol. The number of nitrogens with one attached hydrogen (secondary N) is 2. The van der Waals surface area contributed by atoms with Gasteiger partial charge in [-0.3, -0.25) is 9.48 Å².